The van der Waals surface area contributed by atoms with Gasteiger partial charge in [-0.15, -0.1) is 0 Å². The predicted molar refractivity (Wildman–Crippen MR) is 69.6 cm³/mol. The fraction of sp³-hybridized carbons (Fsp3) is 0.600. The van der Waals surface area contributed by atoms with Gasteiger partial charge in [-0.3, -0.25) is 0 Å². The van der Waals surface area contributed by atoms with E-state index in [0.29, 0.717) is 5.92 Å². The quantitative estimate of drug-likeness (QED) is 0.864. The van der Waals surface area contributed by atoms with Crippen LogP contribution in [0.5, 0.6) is 0 Å². The minimum Gasteiger partial charge on any atom is -0.316 e. The van der Waals surface area contributed by atoms with Crippen molar-refractivity contribution in [2.24, 2.45) is 5.92 Å². The molecular formula is C15H21F2N. The van der Waals surface area contributed by atoms with Crippen molar-refractivity contribution < 1.29 is 8.78 Å². The fourth-order valence-electron chi connectivity index (χ4n) is 3.23. The lowest BCUT2D eigenvalue weighted by Gasteiger charge is -2.35. The molecular weight excluding hydrogens is 232 g/mol. The van der Waals surface area contributed by atoms with Gasteiger partial charge in [0.1, 0.15) is 11.6 Å². The largest absolute Gasteiger partial charge is 0.316 e. The van der Waals surface area contributed by atoms with Crippen LogP contribution in [0, 0.1) is 17.6 Å². The zero-order valence-corrected chi connectivity index (χ0v) is 11.1. The van der Waals surface area contributed by atoms with Gasteiger partial charge in [0.15, 0.2) is 0 Å². The molecule has 1 N–H and O–H groups in total. The molecule has 1 fully saturated rings. The van der Waals surface area contributed by atoms with Crippen LogP contribution >= 0.6 is 0 Å². The fourth-order valence-corrected chi connectivity index (χ4v) is 3.23. The van der Waals surface area contributed by atoms with E-state index < -0.39 is 11.6 Å². The van der Waals surface area contributed by atoms with Crippen molar-refractivity contribution in [3.63, 3.8) is 0 Å². The number of hydrogen-bond acceptors (Lipinski definition) is 1. The summed E-state index contributed by atoms with van der Waals surface area (Å²) in [7, 11) is 0. The van der Waals surface area contributed by atoms with Crippen molar-refractivity contribution in [1.29, 1.82) is 0 Å². The molecule has 0 aromatic heterocycles. The van der Waals surface area contributed by atoms with Crippen LogP contribution < -0.4 is 5.32 Å². The van der Waals surface area contributed by atoms with E-state index in [1.54, 1.807) is 0 Å². The van der Waals surface area contributed by atoms with Gasteiger partial charge in [0.25, 0.3) is 0 Å². The molecule has 0 heterocycles. The Morgan fingerprint density at radius 1 is 1.28 bits per heavy atom. The molecule has 2 unspecified atom stereocenters. The molecule has 3 heteroatoms. The monoisotopic (exact) mass is 253 g/mol. The van der Waals surface area contributed by atoms with Crippen LogP contribution in [0.4, 0.5) is 8.78 Å². The number of hydrogen-bond donors (Lipinski definition) is 1. The van der Waals surface area contributed by atoms with Gasteiger partial charge in [0, 0.05) is 18.0 Å². The molecule has 100 valence electrons. The first-order valence-corrected chi connectivity index (χ1v) is 6.76. The van der Waals surface area contributed by atoms with Gasteiger partial charge >= 0.3 is 0 Å². The Labute approximate surface area is 108 Å². The minimum atomic E-state index is -0.472. The summed E-state index contributed by atoms with van der Waals surface area (Å²) in [6, 6.07) is 3.95. The second kappa shape index (κ2) is 5.35. The molecule has 1 aromatic rings. The third-order valence-corrected chi connectivity index (χ3v) is 4.33. The highest BCUT2D eigenvalue weighted by atomic mass is 19.1. The summed E-state index contributed by atoms with van der Waals surface area (Å²) in [6.07, 6.45) is 3.26. The van der Waals surface area contributed by atoms with Crippen molar-refractivity contribution in [3.05, 3.63) is 35.4 Å². The summed E-state index contributed by atoms with van der Waals surface area (Å²) >= 11 is 0. The number of rotatable bonds is 4. The van der Waals surface area contributed by atoms with Crippen LogP contribution in [0.25, 0.3) is 0 Å². The summed E-state index contributed by atoms with van der Waals surface area (Å²) in [4.78, 5) is 0. The van der Waals surface area contributed by atoms with Crippen molar-refractivity contribution >= 4 is 0 Å². The van der Waals surface area contributed by atoms with E-state index >= 15 is 0 Å². The molecule has 0 saturated heterocycles. The standard InChI is InChI=1S/C15H21F2N/c1-3-18-10-15(6-4-5-11(15)2)12-7-13(16)9-14(17)8-12/h7-9,11,18H,3-6,10H2,1-2H3. The van der Waals surface area contributed by atoms with Crippen LogP contribution in [-0.4, -0.2) is 13.1 Å². The molecule has 0 bridgehead atoms. The van der Waals surface area contributed by atoms with E-state index in [2.05, 4.69) is 19.2 Å². The van der Waals surface area contributed by atoms with Gasteiger partial charge in [-0.25, -0.2) is 8.78 Å². The zero-order valence-electron chi connectivity index (χ0n) is 11.1. The number of halogens is 2. The lowest BCUT2D eigenvalue weighted by molar-refractivity contribution is 0.317. The normalized spacial score (nSPS) is 27.7. The number of benzene rings is 1. The Hall–Kier alpha value is -0.960. The maximum absolute atomic E-state index is 13.4. The lowest BCUT2D eigenvalue weighted by Crippen LogP contribution is -2.40. The molecule has 2 rings (SSSR count). The Bertz CT molecular complexity index is 399. The van der Waals surface area contributed by atoms with Crippen molar-refractivity contribution in [3.8, 4) is 0 Å². The van der Waals surface area contributed by atoms with Crippen molar-refractivity contribution in [1.82, 2.24) is 5.32 Å². The average molecular weight is 253 g/mol. The highest BCUT2D eigenvalue weighted by Crippen LogP contribution is 2.45. The molecule has 1 aliphatic rings. The highest BCUT2D eigenvalue weighted by molar-refractivity contribution is 5.30. The van der Waals surface area contributed by atoms with E-state index in [-0.39, 0.29) is 5.41 Å². The molecule has 1 aromatic carbocycles. The first-order valence-electron chi connectivity index (χ1n) is 6.76. The second-order valence-electron chi connectivity index (χ2n) is 5.39. The van der Waals surface area contributed by atoms with E-state index in [4.69, 9.17) is 0 Å². The SMILES string of the molecule is CCNCC1(c2cc(F)cc(F)c2)CCCC1C. The van der Waals surface area contributed by atoms with Gasteiger partial charge in [-0.2, -0.15) is 0 Å². The van der Waals surface area contributed by atoms with Gasteiger partial charge in [-0.1, -0.05) is 20.3 Å². The van der Waals surface area contributed by atoms with Gasteiger partial charge in [0.05, 0.1) is 0 Å². The third kappa shape index (κ3) is 2.41. The lowest BCUT2D eigenvalue weighted by atomic mass is 9.72. The van der Waals surface area contributed by atoms with E-state index in [9.17, 15) is 8.78 Å². The summed E-state index contributed by atoms with van der Waals surface area (Å²) in [5.74, 6) is -0.488. The summed E-state index contributed by atoms with van der Waals surface area (Å²) in [6.45, 7) is 5.92. The number of nitrogens with one attached hydrogen (secondary N) is 1. The Balaban J connectivity index is 2.39. The molecule has 0 amide bonds. The predicted octanol–water partition coefficient (Wildman–Crippen LogP) is 3.63. The van der Waals surface area contributed by atoms with E-state index in [1.807, 2.05) is 0 Å². The van der Waals surface area contributed by atoms with Crippen molar-refractivity contribution in [2.75, 3.05) is 13.1 Å². The minimum absolute atomic E-state index is 0.112. The maximum Gasteiger partial charge on any atom is 0.126 e. The molecule has 2 atom stereocenters. The van der Waals surface area contributed by atoms with Crippen LogP contribution in [0.1, 0.15) is 38.7 Å². The maximum atomic E-state index is 13.4. The van der Waals surface area contributed by atoms with Gasteiger partial charge in [0.2, 0.25) is 0 Å². The molecule has 1 aliphatic carbocycles. The first-order chi connectivity index (χ1) is 8.58. The van der Waals surface area contributed by atoms with Crippen LogP contribution in [0.2, 0.25) is 0 Å². The molecule has 1 nitrogen and oxygen atoms in total. The molecule has 1 saturated carbocycles. The van der Waals surface area contributed by atoms with Gasteiger partial charge in [-0.05, 0) is 43.0 Å². The molecule has 0 spiro atoms. The zero-order chi connectivity index (χ0) is 13.2. The Kier molecular flexibility index (Phi) is 4.00. The second-order valence-corrected chi connectivity index (χ2v) is 5.39. The van der Waals surface area contributed by atoms with Crippen LogP contribution in [-0.2, 0) is 5.41 Å². The van der Waals surface area contributed by atoms with Crippen LogP contribution in [0.15, 0.2) is 18.2 Å². The molecule has 0 aliphatic heterocycles. The highest BCUT2D eigenvalue weighted by Gasteiger charge is 2.41. The molecule has 18 heavy (non-hydrogen) atoms. The summed E-state index contributed by atoms with van der Waals surface area (Å²) < 4.78 is 26.9. The van der Waals surface area contributed by atoms with Crippen molar-refractivity contribution in [2.45, 2.75) is 38.5 Å². The Morgan fingerprint density at radius 2 is 1.94 bits per heavy atom. The topological polar surface area (TPSA) is 12.0 Å². The van der Waals surface area contributed by atoms with E-state index in [0.717, 1.165) is 44.0 Å². The number of likely N-dealkylation sites (N-methyl/N-ethyl adjacent to an activating group) is 1. The smallest absolute Gasteiger partial charge is 0.126 e. The summed E-state index contributed by atoms with van der Waals surface area (Å²) in [5, 5.41) is 3.35. The third-order valence-electron chi connectivity index (χ3n) is 4.33. The Morgan fingerprint density at radius 3 is 2.44 bits per heavy atom. The molecule has 0 radical (unpaired) electrons. The first kappa shape index (κ1) is 13.5. The summed E-state index contributed by atoms with van der Waals surface area (Å²) in [5.41, 5.74) is 0.699. The van der Waals surface area contributed by atoms with Crippen LogP contribution in [0.3, 0.4) is 0 Å². The average Bonchev–Trinajstić information content (AvgIpc) is 2.68. The van der Waals surface area contributed by atoms with Gasteiger partial charge < -0.3 is 5.32 Å². The van der Waals surface area contributed by atoms with E-state index in [1.165, 1.54) is 12.1 Å².